The molecular formula is C28H24ClF2N5O. The summed E-state index contributed by atoms with van der Waals surface area (Å²) in [4.78, 5) is 16.7. The zero-order valence-corrected chi connectivity index (χ0v) is 20.9. The maximum absolute atomic E-state index is 14.0. The molecular weight excluding hydrogens is 496 g/mol. The van der Waals surface area contributed by atoms with Gasteiger partial charge in [-0.25, -0.2) is 8.78 Å². The highest BCUT2D eigenvalue weighted by Gasteiger charge is 2.29. The fourth-order valence-corrected chi connectivity index (χ4v) is 4.66. The number of hydrogen-bond donors (Lipinski definition) is 0. The van der Waals surface area contributed by atoms with Crippen molar-refractivity contribution in [2.24, 2.45) is 0 Å². The van der Waals surface area contributed by atoms with E-state index in [1.807, 2.05) is 43.3 Å². The van der Waals surface area contributed by atoms with Crippen molar-refractivity contribution in [1.29, 1.82) is 5.26 Å². The second-order valence-electron chi connectivity index (χ2n) is 8.90. The first-order valence-corrected chi connectivity index (χ1v) is 11.7. The lowest BCUT2D eigenvalue weighted by Gasteiger charge is -2.40. The van der Waals surface area contributed by atoms with Gasteiger partial charge in [-0.15, -0.1) is 22.6 Å². The summed E-state index contributed by atoms with van der Waals surface area (Å²) in [6.07, 6.45) is -0.110. The molecule has 6 nitrogen and oxygen atoms in total. The molecule has 5 rings (SSSR count). The second-order valence-corrected chi connectivity index (χ2v) is 8.90. The van der Waals surface area contributed by atoms with E-state index >= 15 is 0 Å². The van der Waals surface area contributed by atoms with Gasteiger partial charge in [0.05, 0.1) is 18.1 Å². The number of benzene rings is 3. The van der Waals surface area contributed by atoms with Crippen LogP contribution in [0.25, 0.3) is 22.0 Å². The lowest BCUT2D eigenvalue weighted by molar-refractivity contribution is -0.131. The van der Waals surface area contributed by atoms with E-state index in [9.17, 15) is 13.6 Å². The molecule has 0 N–H and O–H groups in total. The van der Waals surface area contributed by atoms with Crippen molar-refractivity contribution in [2.45, 2.75) is 19.4 Å². The van der Waals surface area contributed by atoms with Gasteiger partial charge in [0.2, 0.25) is 5.91 Å². The summed E-state index contributed by atoms with van der Waals surface area (Å²) in [5, 5.41) is 20.1. The molecule has 0 radical (unpaired) electrons. The van der Waals surface area contributed by atoms with Crippen LogP contribution < -0.4 is 4.90 Å². The van der Waals surface area contributed by atoms with E-state index in [1.54, 1.807) is 17.0 Å². The Hall–Kier alpha value is -4.09. The van der Waals surface area contributed by atoms with Crippen molar-refractivity contribution < 1.29 is 13.6 Å². The molecule has 1 aromatic heterocycles. The SMILES string of the molecule is C[C@H]1CN(C(=O)Cc2ccc(F)cc2F)CCN1c1nnc(-c2ccc(C#N)cc2)c2ccccc12.Cl. The van der Waals surface area contributed by atoms with Gasteiger partial charge in [0.1, 0.15) is 17.3 Å². The fourth-order valence-electron chi connectivity index (χ4n) is 4.66. The largest absolute Gasteiger partial charge is 0.348 e. The summed E-state index contributed by atoms with van der Waals surface area (Å²) in [5.41, 5.74) is 2.38. The molecule has 0 saturated carbocycles. The Balaban J connectivity index is 0.00000320. The van der Waals surface area contributed by atoms with Crippen molar-refractivity contribution in [3.63, 3.8) is 0 Å². The van der Waals surface area contributed by atoms with Crippen LogP contribution >= 0.6 is 12.4 Å². The predicted molar refractivity (Wildman–Crippen MR) is 140 cm³/mol. The average Bonchev–Trinajstić information content (AvgIpc) is 2.90. The average molecular weight is 520 g/mol. The summed E-state index contributed by atoms with van der Waals surface area (Å²) in [6.45, 7) is 3.48. The van der Waals surface area contributed by atoms with Crippen LogP contribution in [-0.2, 0) is 11.2 Å². The minimum atomic E-state index is -0.709. The van der Waals surface area contributed by atoms with E-state index in [0.29, 0.717) is 25.2 Å². The first-order chi connectivity index (χ1) is 17.4. The molecule has 1 amide bonds. The Morgan fingerprint density at radius 2 is 1.76 bits per heavy atom. The highest BCUT2D eigenvalue weighted by atomic mass is 35.5. The van der Waals surface area contributed by atoms with Crippen LogP contribution in [0.4, 0.5) is 14.6 Å². The fraction of sp³-hybridized carbons (Fsp3) is 0.214. The van der Waals surface area contributed by atoms with Gasteiger partial charge in [-0.2, -0.15) is 5.26 Å². The Morgan fingerprint density at radius 3 is 2.43 bits per heavy atom. The topological polar surface area (TPSA) is 73.1 Å². The lowest BCUT2D eigenvalue weighted by Crippen LogP contribution is -2.54. The summed E-state index contributed by atoms with van der Waals surface area (Å²) in [7, 11) is 0. The molecule has 0 spiro atoms. The smallest absolute Gasteiger partial charge is 0.227 e. The minimum Gasteiger partial charge on any atom is -0.348 e. The number of anilines is 1. The van der Waals surface area contributed by atoms with Gasteiger partial charge in [0.25, 0.3) is 0 Å². The molecule has 188 valence electrons. The predicted octanol–water partition coefficient (Wildman–Crippen LogP) is 5.15. The number of rotatable bonds is 4. The molecule has 9 heteroatoms. The number of nitriles is 1. The third-order valence-corrected chi connectivity index (χ3v) is 6.56. The van der Waals surface area contributed by atoms with Crippen LogP contribution in [0.15, 0.2) is 66.7 Å². The highest BCUT2D eigenvalue weighted by molar-refractivity contribution is 6.00. The Labute approximate surface area is 219 Å². The van der Waals surface area contributed by atoms with Gasteiger partial charge < -0.3 is 9.80 Å². The van der Waals surface area contributed by atoms with E-state index in [4.69, 9.17) is 5.26 Å². The summed E-state index contributed by atoms with van der Waals surface area (Å²) < 4.78 is 27.2. The summed E-state index contributed by atoms with van der Waals surface area (Å²) in [5.74, 6) is -0.824. The number of piperazine rings is 1. The van der Waals surface area contributed by atoms with E-state index in [-0.39, 0.29) is 36.3 Å². The monoisotopic (exact) mass is 519 g/mol. The second kappa shape index (κ2) is 10.9. The normalized spacial score (nSPS) is 15.2. The van der Waals surface area contributed by atoms with Crippen LogP contribution in [0.2, 0.25) is 0 Å². The zero-order chi connectivity index (χ0) is 25.2. The zero-order valence-electron chi connectivity index (χ0n) is 20.1. The molecule has 1 aliphatic heterocycles. The van der Waals surface area contributed by atoms with Crippen molar-refractivity contribution in [2.75, 3.05) is 24.5 Å². The summed E-state index contributed by atoms with van der Waals surface area (Å²) in [6, 6.07) is 20.5. The Morgan fingerprint density at radius 1 is 1.03 bits per heavy atom. The molecule has 1 saturated heterocycles. The number of carbonyl (C=O) groups is 1. The number of aromatic nitrogens is 2. The van der Waals surface area contributed by atoms with Gasteiger partial charge in [-0.1, -0.05) is 42.5 Å². The van der Waals surface area contributed by atoms with Crippen molar-refractivity contribution in [1.82, 2.24) is 15.1 Å². The number of nitrogens with zero attached hydrogens (tertiary/aromatic N) is 5. The van der Waals surface area contributed by atoms with Crippen LogP contribution in [0.3, 0.4) is 0 Å². The summed E-state index contributed by atoms with van der Waals surface area (Å²) >= 11 is 0. The number of carbonyl (C=O) groups excluding carboxylic acids is 1. The number of halogens is 3. The third kappa shape index (κ3) is 5.23. The highest BCUT2D eigenvalue weighted by Crippen LogP contribution is 2.33. The molecule has 1 fully saturated rings. The maximum atomic E-state index is 14.0. The van der Waals surface area contributed by atoms with Gasteiger partial charge >= 0.3 is 0 Å². The van der Waals surface area contributed by atoms with Crippen LogP contribution in [0.5, 0.6) is 0 Å². The molecule has 0 aliphatic carbocycles. The van der Waals surface area contributed by atoms with Gasteiger partial charge in [-0.3, -0.25) is 4.79 Å². The molecule has 1 atom stereocenters. The Kier molecular flexibility index (Phi) is 7.65. The quantitative estimate of drug-likeness (QED) is 0.373. The lowest BCUT2D eigenvalue weighted by atomic mass is 10.0. The van der Waals surface area contributed by atoms with Crippen molar-refractivity contribution in [3.05, 3.63) is 89.5 Å². The van der Waals surface area contributed by atoms with Crippen LogP contribution in [0.1, 0.15) is 18.1 Å². The van der Waals surface area contributed by atoms with Crippen molar-refractivity contribution >= 4 is 34.9 Å². The molecule has 0 unspecified atom stereocenters. The molecule has 0 bridgehead atoms. The van der Waals surface area contributed by atoms with Crippen LogP contribution in [0, 0.1) is 23.0 Å². The Bertz CT molecular complexity index is 1490. The van der Waals surface area contributed by atoms with E-state index in [0.717, 1.165) is 40.0 Å². The van der Waals surface area contributed by atoms with E-state index in [1.165, 1.54) is 6.07 Å². The molecule has 1 aliphatic rings. The number of amides is 1. The van der Waals surface area contributed by atoms with Gasteiger partial charge in [0.15, 0.2) is 5.82 Å². The minimum absolute atomic E-state index is 0. The first kappa shape index (κ1) is 26.0. The number of fused-ring (bicyclic) bond motifs is 1. The standard InChI is InChI=1S/C28H23F2N5O.ClH/c1-18-17-34(26(36)14-21-10-11-22(29)15-25(21)30)12-13-35(18)28-24-5-3-2-4-23(24)27(32-33-28)20-8-6-19(16-31)7-9-20;/h2-11,15,18H,12-14,17H2,1H3;1H/t18-;/m0./s1. The first-order valence-electron chi connectivity index (χ1n) is 11.7. The molecule has 2 heterocycles. The van der Waals surface area contributed by atoms with Crippen molar-refractivity contribution in [3.8, 4) is 17.3 Å². The molecule has 37 heavy (non-hydrogen) atoms. The van der Waals surface area contributed by atoms with Gasteiger partial charge in [0, 0.05) is 48.1 Å². The van der Waals surface area contributed by atoms with Crippen LogP contribution in [-0.4, -0.2) is 46.7 Å². The van der Waals surface area contributed by atoms with E-state index < -0.39 is 11.6 Å². The van der Waals surface area contributed by atoms with Gasteiger partial charge in [-0.05, 0) is 30.7 Å². The number of hydrogen-bond acceptors (Lipinski definition) is 5. The maximum Gasteiger partial charge on any atom is 0.227 e. The van der Waals surface area contributed by atoms with E-state index in [2.05, 4.69) is 21.2 Å². The third-order valence-electron chi connectivity index (χ3n) is 6.56. The molecule has 4 aromatic rings. The molecule has 3 aromatic carbocycles.